The van der Waals surface area contributed by atoms with Gasteiger partial charge in [-0.15, -0.1) is 11.3 Å². The van der Waals surface area contributed by atoms with Crippen molar-refractivity contribution in [1.82, 2.24) is 10.3 Å². The van der Waals surface area contributed by atoms with Crippen molar-refractivity contribution < 1.29 is 9.59 Å². The van der Waals surface area contributed by atoms with Crippen LogP contribution in [0.5, 0.6) is 0 Å². The number of nitrogens with one attached hydrogen (secondary N) is 2. The minimum atomic E-state index is -0.178. The molecule has 1 aromatic heterocycles. The average Bonchev–Trinajstić information content (AvgIpc) is 2.76. The molecule has 2 atom stereocenters. The highest BCUT2D eigenvalue weighted by molar-refractivity contribution is 7.14. The normalized spacial score (nSPS) is 22.8. The van der Waals surface area contributed by atoms with Gasteiger partial charge in [0.05, 0.1) is 0 Å². The number of carbonyl (C=O) groups excluding carboxylic acids is 2. The van der Waals surface area contributed by atoms with E-state index in [0.29, 0.717) is 16.7 Å². The van der Waals surface area contributed by atoms with Gasteiger partial charge in [-0.2, -0.15) is 0 Å². The maximum Gasteiger partial charge on any atom is 0.271 e. The number of nitrogens with zero attached hydrogens (tertiary/aromatic N) is 1. The van der Waals surface area contributed by atoms with E-state index >= 15 is 0 Å². The van der Waals surface area contributed by atoms with Crippen LogP contribution in [-0.2, 0) is 4.79 Å². The standard InChI is InChI=1S/C13H19N3O2S/c1-8-4-3-5-10(6-8)15-12(18)11-7-19-13(16-11)14-9(2)17/h7-8,10H,3-6H2,1-2H3,(H,15,18)(H,14,16,17). The van der Waals surface area contributed by atoms with Crippen molar-refractivity contribution in [1.29, 1.82) is 0 Å². The van der Waals surface area contributed by atoms with E-state index in [1.54, 1.807) is 5.38 Å². The molecule has 0 bridgehead atoms. The van der Waals surface area contributed by atoms with Gasteiger partial charge in [-0.1, -0.05) is 19.8 Å². The van der Waals surface area contributed by atoms with E-state index in [-0.39, 0.29) is 17.9 Å². The highest BCUT2D eigenvalue weighted by Crippen LogP contribution is 2.24. The summed E-state index contributed by atoms with van der Waals surface area (Å²) in [6.07, 6.45) is 4.49. The quantitative estimate of drug-likeness (QED) is 0.893. The lowest BCUT2D eigenvalue weighted by atomic mass is 9.87. The van der Waals surface area contributed by atoms with Crippen LogP contribution < -0.4 is 10.6 Å². The fraction of sp³-hybridized carbons (Fsp3) is 0.615. The number of aromatic nitrogens is 1. The molecule has 1 aromatic rings. The van der Waals surface area contributed by atoms with Gasteiger partial charge in [0, 0.05) is 18.3 Å². The first-order valence-corrected chi connectivity index (χ1v) is 7.46. The summed E-state index contributed by atoms with van der Waals surface area (Å²) >= 11 is 1.26. The van der Waals surface area contributed by atoms with Crippen LogP contribution in [-0.4, -0.2) is 22.8 Å². The predicted octanol–water partition coefficient (Wildman–Crippen LogP) is 2.41. The number of anilines is 1. The zero-order valence-electron chi connectivity index (χ0n) is 11.2. The van der Waals surface area contributed by atoms with Crippen molar-refractivity contribution in [3.05, 3.63) is 11.1 Å². The minimum absolute atomic E-state index is 0.146. The Bertz CT molecular complexity index is 472. The van der Waals surface area contributed by atoms with Crippen molar-refractivity contribution >= 4 is 28.3 Å². The van der Waals surface area contributed by atoms with Crippen LogP contribution in [0.4, 0.5) is 5.13 Å². The molecule has 6 heteroatoms. The Morgan fingerprint density at radius 3 is 2.89 bits per heavy atom. The summed E-state index contributed by atoms with van der Waals surface area (Å²) in [7, 11) is 0. The molecule has 0 aliphatic heterocycles. The molecule has 2 amide bonds. The van der Waals surface area contributed by atoms with E-state index in [0.717, 1.165) is 12.8 Å². The van der Waals surface area contributed by atoms with Gasteiger partial charge >= 0.3 is 0 Å². The molecular weight excluding hydrogens is 262 g/mol. The van der Waals surface area contributed by atoms with Crippen molar-refractivity contribution in [3.8, 4) is 0 Å². The third kappa shape index (κ3) is 4.02. The Kier molecular flexibility index (Phi) is 4.52. The number of rotatable bonds is 3. The first kappa shape index (κ1) is 14.0. The molecular formula is C13H19N3O2S. The summed E-state index contributed by atoms with van der Waals surface area (Å²) in [5, 5.41) is 7.74. The topological polar surface area (TPSA) is 71.1 Å². The van der Waals surface area contributed by atoms with Gasteiger partial charge < -0.3 is 10.6 Å². The molecule has 0 saturated heterocycles. The van der Waals surface area contributed by atoms with E-state index in [1.807, 2.05) is 0 Å². The third-order valence-electron chi connectivity index (χ3n) is 3.29. The lowest BCUT2D eigenvalue weighted by Crippen LogP contribution is -2.38. The molecule has 2 unspecified atom stereocenters. The molecule has 0 spiro atoms. The molecule has 1 heterocycles. The molecule has 19 heavy (non-hydrogen) atoms. The smallest absolute Gasteiger partial charge is 0.271 e. The summed E-state index contributed by atoms with van der Waals surface area (Å²) in [4.78, 5) is 27.0. The van der Waals surface area contributed by atoms with Gasteiger partial charge in [-0.3, -0.25) is 9.59 Å². The van der Waals surface area contributed by atoms with Crippen LogP contribution in [0.1, 0.15) is 50.0 Å². The summed E-state index contributed by atoms with van der Waals surface area (Å²) in [6, 6.07) is 0.252. The molecule has 2 rings (SSSR count). The van der Waals surface area contributed by atoms with E-state index in [9.17, 15) is 9.59 Å². The number of thiazole rings is 1. The molecule has 0 aromatic carbocycles. The van der Waals surface area contributed by atoms with Crippen molar-refractivity contribution in [2.45, 2.75) is 45.6 Å². The zero-order valence-corrected chi connectivity index (χ0v) is 12.0. The highest BCUT2D eigenvalue weighted by Gasteiger charge is 2.21. The average molecular weight is 281 g/mol. The Labute approximate surface area is 116 Å². The lowest BCUT2D eigenvalue weighted by molar-refractivity contribution is -0.114. The molecule has 1 fully saturated rings. The highest BCUT2D eigenvalue weighted by atomic mass is 32.1. The number of amides is 2. The molecule has 1 aliphatic rings. The fourth-order valence-corrected chi connectivity index (χ4v) is 3.15. The van der Waals surface area contributed by atoms with E-state index in [1.165, 1.54) is 31.1 Å². The second-order valence-corrected chi connectivity index (χ2v) is 6.02. The second-order valence-electron chi connectivity index (χ2n) is 5.16. The van der Waals surface area contributed by atoms with Crippen molar-refractivity contribution in [2.24, 2.45) is 5.92 Å². The maximum absolute atomic E-state index is 12.0. The van der Waals surface area contributed by atoms with Gasteiger partial charge in [-0.05, 0) is 18.8 Å². The zero-order chi connectivity index (χ0) is 13.8. The second kappa shape index (κ2) is 6.14. The summed E-state index contributed by atoms with van der Waals surface area (Å²) in [5.41, 5.74) is 0.381. The van der Waals surface area contributed by atoms with Gasteiger partial charge in [0.25, 0.3) is 5.91 Å². The van der Waals surface area contributed by atoms with Gasteiger partial charge in [0.2, 0.25) is 5.91 Å². The van der Waals surface area contributed by atoms with E-state index in [4.69, 9.17) is 0 Å². The largest absolute Gasteiger partial charge is 0.348 e. The Hall–Kier alpha value is -1.43. The molecule has 104 valence electrons. The number of carbonyl (C=O) groups is 2. The van der Waals surface area contributed by atoms with Crippen LogP contribution >= 0.6 is 11.3 Å². The molecule has 0 radical (unpaired) electrons. The Balaban J connectivity index is 1.92. The van der Waals surface area contributed by atoms with Crippen LogP contribution in [0.3, 0.4) is 0 Å². The van der Waals surface area contributed by atoms with Crippen molar-refractivity contribution in [2.75, 3.05) is 5.32 Å². The van der Waals surface area contributed by atoms with Gasteiger partial charge in [0.1, 0.15) is 5.69 Å². The number of hydrogen-bond donors (Lipinski definition) is 2. The lowest BCUT2D eigenvalue weighted by Gasteiger charge is -2.27. The molecule has 1 saturated carbocycles. The third-order valence-corrected chi connectivity index (χ3v) is 4.05. The van der Waals surface area contributed by atoms with Crippen molar-refractivity contribution in [3.63, 3.8) is 0 Å². The maximum atomic E-state index is 12.0. The van der Waals surface area contributed by atoms with Gasteiger partial charge in [0.15, 0.2) is 5.13 Å². The minimum Gasteiger partial charge on any atom is -0.348 e. The molecule has 2 N–H and O–H groups in total. The van der Waals surface area contributed by atoms with Crippen LogP contribution in [0.2, 0.25) is 0 Å². The number of hydrogen-bond acceptors (Lipinski definition) is 4. The molecule has 5 nitrogen and oxygen atoms in total. The van der Waals surface area contributed by atoms with Crippen LogP contribution in [0.25, 0.3) is 0 Å². The Morgan fingerprint density at radius 1 is 1.42 bits per heavy atom. The monoisotopic (exact) mass is 281 g/mol. The predicted molar refractivity (Wildman–Crippen MR) is 75.3 cm³/mol. The Morgan fingerprint density at radius 2 is 2.21 bits per heavy atom. The summed E-state index contributed by atoms with van der Waals surface area (Å²) in [6.45, 7) is 3.64. The summed E-state index contributed by atoms with van der Waals surface area (Å²) < 4.78 is 0. The van der Waals surface area contributed by atoms with E-state index < -0.39 is 0 Å². The molecule has 1 aliphatic carbocycles. The van der Waals surface area contributed by atoms with E-state index in [2.05, 4.69) is 22.5 Å². The fourth-order valence-electron chi connectivity index (χ4n) is 2.41. The van der Waals surface area contributed by atoms with Crippen LogP contribution in [0, 0.1) is 5.92 Å². The summed E-state index contributed by atoms with van der Waals surface area (Å²) in [5.74, 6) is 0.346. The van der Waals surface area contributed by atoms with Gasteiger partial charge in [-0.25, -0.2) is 4.98 Å². The first-order valence-electron chi connectivity index (χ1n) is 6.58. The van der Waals surface area contributed by atoms with Crippen LogP contribution in [0.15, 0.2) is 5.38 Å². The first-order chi connectivity index (χ1) is 9.04. The SMILES string of the molecule is CC(=O)Nc1nc(C(=O)NC2CCCC(C)C2)cs1.